The van der Waals surface area contributed by atoms with Gasteiger partial charge in [0.05, 0.1) is 0 Å². The van der Waals surface area contributed by atoms with Crippen LogP contribution in [0.4, 0.5) is 15.3 Å². The molecule has 2 N–H and O–H groups in total. The maximum Gasteiger partial charge on any atom is 0.410 e. The molecular formula is C34H46Br2N6O4. The lowest BCUT2D eigenvalue weighted by atomic mass is 10.0. The number of hydrogen-bond donors (Lipinski definition) is 2. The number of anilines is 1. The standard InChI is InChI=1S/C33H42Br2N6O4.CH4/c34-27-6-5-23(21-28(27)35)22-30(31(42)39-19-17-38(18-20-39)25-7-12-36-13-8-25)45-33(44)40-14-10-26(11-15-40)41-16-9-24-3-1-2-4-29(24)37-32(41)43;/h1-6,21,25-26,30,36H,7-20,22H2,(H,37,43);1H4/t30-;/m1./s1. The van der Waals surface area contributed by atoms with Gasteiger partial charge in [-0.2, -0.15) is 0 Å². The highest BCUT2D eigenvalue weighted by atomic mass is 79.9. The highest BCUT2D eigenvalue weighted by Gasteiger charge is 2.36. The molecule has 2 aromatic carbocycles. The number of likely N-dealkylation sites (tertiary alicyclic amines) is 1. The first-order chi connectivity index (χ1) is 21.9. The van der Waals surface area contributed by atoms with Crippen LogP contribution in [0.25, 0.3) is 0 Å². The van der Waals surface area contributed by atoms with Crippen LogP contribution >= 0.6 is 31.9 Å². The van der Waals surface area contributed by atoms with E-state index in [0.29, 0.717) is 58.0 Å². The second kappa shape index (κ2) is 16.0. The lowest BCUT2D eigenvalue weighted by molar-refractivity contribution is -0.143. The summed E-state index contributed by atoms with van der Waals surface area (Å²) in [6, 6.07) is 14.3. The number of halogens is 2. The summed E-state index contributed by atoms with van der Waals surface area (Å²) >= 11 is 7.08. The Balaban J connectivity index is 0.00000417. The van der Waals surface area contributed by atoms with Crippen LogP contribution in [0.3, 0.4) is 0 Å². The average molecular weight is 763 g/mol. The van der Waals surface area contributed by atoms with Crippen LogP contribution in [0.1, 0.15) is 44.2 Å². The third-order valence-corrected chi connectivity index (χ3v) is 11.6. The van der Waals surface area contributed by atoms with E-state index < -0.39 is 12.2 Å². The lowest BCUT2D eigenvalue weighted by Crippen LogP contribution is -2.56. The monoisotopic (exact) mass is 760 g/mol. The predicted molar refractivity (Wildman–Crippen MR) is 187 cm³/mol. The molecule has 0 aromatic heterocycles. The first-order valence-corrected chi connectivity index (χ1v) is 17.7. The zero-order valence-corrected chi connectivity index (χ0v) is 28.7. The van der Waals surface area contributed by atoms with E-state index in [1.807, 2.05) is 46.2 Å². The molecule has 4 heterocycles. The number of ether oxygens (including phenoxy) is 1. The van der Waals surface area contributed by atoms with Crippen molar-refractivity contribution in [3.05, 3.63) is 62.5 Å². The number of carbonyl (C=O) groups is 3. The first kappa shape index (κ1) is 34.7. The number of nitrogens with zero attached hydrogens (tertiary/aromatic N) is 4. The Morgan fingerprint density at radius 1 is 0.848 bits per heavy atom. The quantitative estimate of drug-likeness (QED) is 0.413. The summed E-state index contributed by atoms with van der Waals surface area (Å²) in [5.74, 6) is -0.136. The van der Waals surface area contributed by atoms with E-state index >= 15 is 0 Å². The van der Waals surface area contributed by atoms with Crippen LogP contribution in [-0.4, -0.2) is 115 Å². The fourth-order valence-corrected chi connectivity index (χ4v) is 7.71. The molecule has 4 aliphatic rings. The van der Waals surface area contributed by atoms with Gasteiger partial charge in [-0.15, -0.1) is 0 Å². The van der Waals surface area contributed by atoms with Gasteiger partial charge in [-0.1, -0.05) is 31.7 Å². The molecule has 0 saturated carbocycles. The molecule has 46 heavy (non-hydrogen) atoms. The molecule has 4 amide bonds. The van der Waals surface area contributed by atoms with Gasteiger partial charge in [-0.25, -0.2) is 9.59 Å². The Morgan fingerprint density at radius 3 is 2.28 bits per heavy atom. The molecule has 10 nitrogen and oxygen atoms in total. The summed E-state index contributed by atoms with van der Waals surface area (Å²) in [6.07, 6.45) is 3.31. The zero-order valence-electron chi connectivity index (χ0n) is 25.6. The Bertz CT molecular complexity index is 1370. The van der Waals surface area contributed by atoms with Gasteiger partial charge in [0.15, 0.2) is 6.10 Å². The normalized spacial score (nSPS) is 20.7. The van der Waals surface area contributed by atoms with Crippen molar-refractivity contribution in [2.75, 3.05) is 64.2 Å². The molecule has 2 aromatic rings. The van der Waals surface area contributed by atoms with Crippen LogP contribution < -0.4 is 10.6 Å². The molecule has 3 fully saturated rings. The summed E-state index contributed by atoms with van der Waals surface area (Å²) in [7, 11) is 0. The van der Waals surface area contributed by atoms with Crippen molar-refractivity contribution >= 4 is 55.6 Å². The number of urea groups is 1. The molecular weight excluding hydrogens is 716 g/mol. The van der Waals surface area contributed by atoms with E-state index in [-0.39, 0.29) is 25.4 Å². The summed E-state index contributed by atoms with van der Waals surface area (Å²) in [5, 5.41) is 6.48. The molecule has 1 atom stereocenters. The number of piperidine rings is 2. The number of carbonyl (C=O) groups excluding carboxylic acids is 3. The Kier molecular flexibility index (Phi) is 12.0. The molecule has 6 rings (SSSR count). The van der Waals surface area contributed by atoms with Crippen molar-refractivity contribution in [2.45, 2.75) is 64.1 Å². The first-order valence-electron chi connectivity index (χ1n) is 16.1. The van der Waals surface area contributed by atoms with E-state index in [4.69, 9.17) is 4.74 Å². The number of fused-ring (bicyclic) bond motifs is 1. The molecule has 0 radical (unpaired) electrons. The van der Waals surface area contributed by atoms with Crippen molar-refractivity contribution in [3.8, 4) is 0 Å². The topological polar surface area (TPSA) is 97.5 Å². The van der Waals surface area contributed by atoms with E-state index in [1.54, 1.807) is 4.90 Å². The van der Waals surface area contributed by atoms with Crippen molar-refractivity contribution < 1.29 is 19.1 Å². The highest BCUT2D eigenvalue weighted by molar-refractivity contribution is 9.13. The van der Waals surface area contributed by atoms with Crippen LogP contribution in [0.15, 0.2) is 51.4 Å². The molecule has 0 aliphatic carbocycles. The van der Waals surface area contributed by atoms with Gasteiger partial charge in [0, 0.05) is 79.0 Å². The number of para-hydroxylation sites is 1. The van der Waals surface area contributed by atoms with Gasteiger partial charge in [0.25, 0.3) is 5.91 Å². The van der Waals surface area contributed by atoms with E-state index in [2.05, 4.69) is 53.5 Å². The number of rotatable bonds is 6. The summed E-state index contributed by atoms with van der Waals surface area (Å²) in [4.78, 5) is 48.4. The third-order valence-electron chi connectivity index (χ3n) is 9.68. The molecule has 0 bridgehead atoms. The number of amides is 4. The van der Waals surface area contributed by atoms with Gasteiger partial charge in [0.2, 0.25) is 0 Å². The maximum absolute atomic E-state index is 13.9. The van der Waals surface area contributed by atoms with Gasteiger partial charge in [0.1, 0.15) is 0 Å². The number of nitrogens with one attached hydrogen (secondary N) is 2. The van der Waals surface area contributed by atoms with Gasteiger partial charge in [-0.3, -0.25) is 9.69 Å². The van der Waals surface area contributed by atoms with Crippen molar-refractivity contribution in [1.29, 1.82) is 0 Å². The second-order valence-corrected chi connectivity index (χ2v) is 14.1. The Hall–Kier alpha value is -2.67. The fourth-order valence-electron chi connectivity index (χ4n) is 7.04. The molecule has 4 aliphatic heterocycles. The van der Waals surface area contributed by atoms with E-state index in [1.165, 1.54) is 0 Å². The molecule has 0 unspecified atom stereocenters. The number of hydrogen-bond acceptors (Lipinski definition) is 6. The smallest absolute Gasteiger partial charge is 0.410 e. The van der Waals surface area contributed by atoms with Crippen molar-refractivity contribution in [3.63, 3.8) is 0 Å². The summed E-state index contributed by atoms with van der Waals surface area (Å²) < 4.78 is 7.85. The maximum atomic E-state index is 13.9. The molecule has 3 saturated heterocycles. The minimum Gasteiger partial charge on any atom is -0.436 e. The minimum absolute atomic E-state index is 0. The van der Waals surface area contributed by atoms with Crippen molar-refractivity contribution in [1.82, 2.24) is 24.9 Å². The van der Waals surface area contributed by atoms with Crippen LogP contribution in [0.5, 0.6) is 0 Å². The van der Waals surface area contributed by atoms with Crippen molar-refractivity contribution in [2.24, 2.45) is 0 Å². The fraction of sp³-hybridized carbons (Fsp3) is 0.559. The predicted octanol–water partition coefficient (Wildman–Crippen LogP) is 5.35. The number of piperazine rings is 1. The van der Waals surface area contributed by atoms with Gasteiger partial charge >= 0.3 is 12.1 Å². The average Bonchev–Trinajstić information content (AvgIpc) is 3.24. The molecule has 0 spiro atoms. The Morgan fingerprint density at radius 2 is 1.57 bits per heavy atom. The van der Waals surface area contributed by atoms with Gasteiger partial charge < -0.3 is 30.1 Å². The zero-order chi connectivity index (χ0) is 31.3. The van der Waals surface area contributed by atoms with Gasteiger partial charge in [-0.05, 0) is 106 Å². The lowest BCUT2D eigenvalue weighted by Gasteiger charge is -2.41. The largest absolute Gasteiger partial charge is 0.436 e. The summed E-state index contributed by atoms with van der Waals surface area (Å²) in [5.41, 5.74) is 2.92. The summed E-state index contributed by atoms with van der Waals surface area (Å²) in [6.45, 7) is 6.61. The van der Waals surface area contributed by atoms with Crippen LogP contribution in [0.2, 0.25) is 0 Å². The SMILES string of the molecule is C.O=C(O[C@H](Cc1ccc(Br)c(Br)c1)C(=O)N1CCN(C2CCNCC2)CC1)N1CCC(N2CCc3ccccc3NC2=O)CC1. The number of benzene rings is 2. The van der Waals surface area contributed by atoms with Crippen LogP contribution in [-0.2, 0) is 22.4 Å². The van der Waals surface area contributed by atoms with E-state index in [9.17, 15) is 14.4 Å². The molecule has 250 valence electrons. The van der Waals surface area contributed by atoms with Crippen LogP contribution in [0, 0.1) is 0 Å². The van der Waals surface area contributed by atoms with E-state index in [0.717, 1.165) is 71.2 Å². The minimum atomic E-state index is -0.913. The second-order valence-electron chi connectivity index (χ2n) is 12.4. The Labute approximate surface area is 289 Å². The molecule has 12 heteroatoms. The highest BCUT2D eigenvalue weighted by Crippen LogP contribution is 2.27. The third kappa shape index (κ3) is 8.24.